The van der Waals surface area contributed by atoms with E-state index in [1.165, 1.54) is 12.7 Å². The van der Waals surface area contributed by atoms with Crippen molar-refractivity contribution in [3.8, 4) is 0 Å². The summed E-state index contributed by atoms with van der Waals surface area (Å²) in [6.45, 7) is 0.570. The van der Waals surface area contributed by atoms with Crippen molar-refractivity contribution in [1.82, 2.24) is 39.0 Å². The van der Waals surface area contributed by atoms with Crippen LogP contribution in [0.5, 0.6) is 0 Å². The molecule has 4 aromatic rings. The Labute approximate surface area is 135 Å². The molecule has 5 N–H and O–H groups in total. The molecule has 0 amide bonds. The number of hydrogen-bond donors (Lipinski definition) is 3. The maximum atomic E-state index is 10.4. The Hall–Kier alpha value is -3.34. The van der Waals surface area contributed by atoms with Crippen molar-refractivity contribution in [3.63, 3.8) is 0 Å². The highest BCUT2D eigenvalue weighted by molar-refractivity contribution is 5.81. The number of nitrogens with two attached hydrogens (primary N) is 2. The molecule has 0 aliphatic heterocycles. The molecule has 0 radical (unpaired) electrons. The van der Waals surface area contributed by atoms with Gasteiger partial charge in [0.05, 0.1) is 31.8 Å². The van der Waals surface area contributed by atoms with Gasteiger partial charge in [-0.2, -0.15) is 0 Å². The molecule has 11 nitrogen and oxygen atoms in total. The van der Waals surface area contributed by atoms with Gasteiger partial charge < -0.3 is 25.7 Å². The van der Waals surface area contributed by atoms with Crippen LogP contribution in [-0.4, -0.2) is 50.2 Å². The summed E-state index contributed by atoms with van der Waals surface area (Å²) in [6.07, 6.45) is 5.17. The second-order valence-electron chi connectivity index (χ2n) is 5.31. The van der Waals surface area contributed by atoms with Crippen molar-refractivity contribution in [2.45, 2.75) is 19.2 Å². The molecule has 0 unspecified atom stereocenters. The van der Waals surface area contributed by atoms with Gasteiger partial charge in [-0.25, -0.2) is 29.9 Å². The molecular weight excluding hydrogens is 312 g/mol. The van der Waals surface area contributed by atoms with Crippen LogP contribution in [0, 0.1) is 0 Å². The van der Waals surface area contributed by atoms with E-state index in [0.29, 0.717) is 34.0 Å². The van der Waals surface area contributed by atoms with Crippen LogP contribution in [0.25, 0.3) is 22.3 Å². The number of fused-ring (bicyclic) bond motifs is 2. The van der Waals surface area contributed by atoms with Gasteiger partial charge >= 0.3 is 0 Å². The predicted molar refractivity (Wildman–Crippen MR) is 85.5 cm³/mol. The Kier molecular flexibility index (Phi) is 3.20. The van der Waals surface area contributed by atoms with Crippen LogP contribution in [0.3, 0.4) is 0 Å². The Morgan fingerprint density at radius 2 is 1.25 bits per heavy atom. The minimum atomic E-state index is -0.716. The van der Waals surface area contributed by atoms with Crippen LogP contribution >= 0.6 is 0 Å². The zero-order valence-electron chi connectivity index (χ0n) is 12.5. The maximum absolute atomic E-state index is 10.4. The molecule has 0 aliphatic carbocycles. The van der Waals surface area contributed by atoms with Gasteiger partial charge in [0.25, 0.3) is 0 Å². The third-order valence-corrected chi connectivity index (χ3v) is 3.67. The summed E-state index contributed by atoms with van der Waals surface area (Å²) in [6, 6.07) is 0. The molecule has 11 heteroatoms. The average Bonchev–Trinajstić information content (AvgIpc) is 3.15. The molecule has 4 aromatic heterocycles. The zero-order chi connectivity index (χ0) is 16.7. The quantitative estimate of drug-likeness (QED) is 0.436. The summed E-state index contributed by atoms with van der Waals surface area (Å²) in [5.74, 6) is 0.613. The third kappa shape index (κ3) is 2.27. The Morgan fingerprint density at radius 3 is 1.71 bits per heavy atom. The lowest BCUT2D eigenvalue weighted by Crippen LogP contribution is -2.22. The number of anilines is 2. The lowest BCUT2D eigenvalue weighted by atomic mass is 10.3. The monoisotopic (exact) mass is 326 g/mol. The van der Waals surface area contributed by atoms with Crippen LogP contribution in [0.2, 0.25) is 0 Å². The van der Waals surface area contributed by atoms with Crippen molar-refractivity contribution in [2.24, 2.45) is 0 Å². The smallest absolute Gasteiger partial charge is 0.165 e. The lowest BCUT2D eigenvalue weighted by Gasteiger charge is -2.12. The molecule has 0 aromatic carbocycles. The lowest BCUT2D eigenvalue weighted by molar-refractivity contribution is 0.136. The molecule has 122 valence electrons. The zero-order valence-corrected chi connectivity index (χ0v) is 12.5. The number of aliphatic hydroxyl groups is 1. The number of aliphatic hydroxyl groups excluding tert-OH is 1. The highest BCUT2D eigenvalue weighted by Crippen LogP contribution is 2.17. The highest BCUT2D eigenvalue weighted by atomic mass is 16.3. The van der Waals surface area contributed by atoms with Gasteiger partial charge in [-0.1, -0.05) is 0 Å². The minimum absolute atomic E-state index is 0.285. The van der Waals surface area contributed by atoms with Crippen molar-refractivity contribution in [1.29, 1.82) is 0 Å². The fourth-order valence-corrected chi connectivity index (χ4v) is 2.58. The molecular formula is C13H14N10O. The molecule has 0 spiro atoms. The van der Waals surface area contributed by atoms with Crippen molar-refractivity contribution in [2.75, 3.05) is 11.5 Å². The van der Waals surface area contributed by atoms with Gasteiger partial charge in [0, 0.05) is 0 Å². The summed E-state index contributed by atoms with van der Waals surface area (Å²) >= 11 is 0. The van der Waals surface area contributed by atoms with Gasteiger partial charge in [0.1, 0.15) is 23.7 Å². The SMILES string of the molecule is Nc1ncnc2c1ncn2CC(O)Cn1cnc2c(N)ncnc21. The summed E-state index contributed by atoms with van der Waals surface area (Å²) in [5.41, 5.74) is 13.7. The van der Waals surface area contributed by atoms with Crippen LogP contribution in [0.15, 0.2) is 25.3 Å². The first-order chi connectivity index (χ1) is 11.6. The molecule has 4 heterocycles. The van der Waals surface area contributed by atoms with E-state index in [-0.39, 0.29) is 13.1 Å². The fourth-order valence-electron chi connectivity index (χ4n) is 2.58. The Balaban J connectivity index is 1.58. The standard InChI is InChI=1S/C13H14N10O/c14-10-8-12(18-3-16-10)22(5-20-8)1-7(24)2-23-6-21-9-11(15)17-4-19-13(9)23/h3-7,24H,1-2H2,(H2,14,16,18)(H2,15,17,19). The molecule has 0 saturated heterocycles. The first kappa shape index (κ1) is 14.3. The van der Waals surface area contributed by atoms with E-state index in [2.05, 4.69) is 29.9 Å². The summed E-state index contributed by atoms with van der Waals surface area (Å²) in [5, 5.41) is 10.4. The highest BCUT2D eigenvalue weighted by Gasteiger charge is 2.14. The van der Waals surface area contributed by atoms with Gasteiger partial charge in [-0.05, 0) is 0 Å². The average molecular weight is 326 g/mol. The van der Waals surface area contributed by atoms with Gasteiger partial charge in [0.15, 0.2) is 22.9 Å². The summed E-state index contributed by atoms with van der Waals surface area (Å²) in [7, 11) is 0. The first-order valence-corrected chi connectivity index (χ1v) is 7.14. The van der Waals surface area contributed by atoms with Crippen molar-refractivity contribution in [3.05, 3.63) is 25.3 Å². The Bertz CT molecular complexity index is 940. The number of hydrogen-bond acceptors (Lipinski definition) is 9. The molecule has 0 atom stereocenters. The summed E-state index contributed by atoms with van der Waals surface area (Å²) in [4.78, 5) is 24.4. The third-order valence-electron chi connectivity index (χ3n) is 3.67. The maximum Gasteiger partial charge on any atom is 0.165 e. The molecule has 0 saturated carbocycles. The largest absolute Gasteiger partial charge is 0.389 e. The number of rotatable bonds is 4. The van der Waals surface area contributed by atoms with E-state index >= 15 is 0 Å². The van der Waals surface area contributed by atoms with Crippen LogP contribution in [0.1, 0.15) is 0 Å². The van der Waals surface area contributed by atoms with Gasteiger partial charge in [-0.3, -0.25) is 0 Å². The van der Waals surface area contributed by atoms with E-state index in [1.54, 1.807) is 21.8 Å². The predicted octanol–water partition coefficient (Wildman–Crippen LogP) is -0.809. The molecule has 24 heavy (non-hydrogen) atoms. The van der Waals surface area contributed by atoms with E-state index in [9.17, 15) is 5.11 Å². The number of aromatic nitrogens is 8. The number of imidazole rings is 2. The second-order valence-corrected chi connectivity index (χ2v) is 5.31. The van der Waals surface area contributed by atoms with Gasteiger partial charge in [0.2, 0.25) is 0 Å². The second kappa shape index (κ2) is 5.38. The van der Waals surface area contributed by atoms with E-state index in [4.69, 9.17) is 11.5 Å². The Morgan fingerprint density at radius 1 is 0.792 bits per heavy atom. The first-order valence-electron chi connectivity index (χ1n) is 7.14. The van der Waals surface area contributed by atoms with E-state index < -0.39 is 6.10 Å². The van der Waals surface area contributed by atoms with E-state index in [0.717, 1.165) is 0 Å². The number of nitrogen functional groups attached to an aromatic ring is 2. The molecule has 0 fully saturated rings. The van der Waals surface area contributed by atoms with Crippen LogP contribution < -0.4 is 11.5 Å². The molecule has 4 rings (SSSR count). The van der Waals surface area contributed by atoms with Crippen molar-refractivity contribution < 1.29 is 5.11 Å². The topological polar surface area (TPSA) is 159 Å². The van der Waals surface area contributed by atoms with Crippen LogP contribution in [0.4, 0.5) is 11.6 Å². The number of nitrogens with zero attached hydrogens (tertiary/aromatic N) is 8. The molecule has 0 bridgehead atoms. The fraction of sp³-hybridized carbons (Fsp3) is 0.231. The van der Waals surface area contributed by atoms with Crippen molar-refractivity contribution >= 4 is 34.0 Å². The van der Waals surface area contributed by atoms with Crippen LogP contribution in [-0.2, 0) is 13.1 Å². The minimum Gasteiger partial charge on any atom is -0.389 e. The summed E-state index contributed by atoms with van der Waals surface area (Å²) < 4.78 is 3.45. The van der Waals surface area contributed by atoms with E-state index in [1.807, 2.05) is 0 Å². The van der Waals surface area contributed by atoms with Gasteiger partial charge in [-0.15, -0.1) is 0 Å². The normalized spacial score (nSPS) is 11.8. The molecule has 0 aliphatic rings.